The molecule has 0 radical (unpaired) electrons. The van der Waals surface area contributed by atoms with Gasteiger partial charge in [-0.05, 0) is 30.3 Å². The molecule has 3 rings (SSSR count). The first-order chi connectivity index (χ1) is 9.22. The highest BCUT2D eigenvalue weighted by Crippen LogP contribution is 2.30. The number of rotatable bonds is 3. The van der Waals surface area contributed by atoms with Gasteiger partial charge in [-0.25, -0.2) is 4.98 Å². The highest BCUT2D eigenvalue weighted by molar-refractivity contribution is 9.10. The molecule has 0 aliphatic heterocycles. The predicted molar refractivity (Wildman–Crippen MR) is 84.2 cm³/mol. The van der Waals surface area contributed by atoms with Crippen LogP contribution in [0, 0.1) is 0 Å². The molecule has 3 N–H and O–H groups in total. The number of H-pyrrole nitrogens is 1. The lowest BCUT2D eigenvalue weighted by molar-refractivity contribution is 1.14. The summed E-state index contributed by atoms with van der Waals surface area (Å²) in [5, 5.41) is 0. The molecule has 19 heavy (non-hydrogen) atoms. The third-order valence-corrected chi connectivity index (χ3v) is 4.37. The van der Waals surface area contributed by atoms with Gasteiger partial charge in [-0.1, -0.05) is 28.1 Å². The molecule has 96 valence electrons. The zero-order valence-electron chi connectivity index (χ0n) is 10.1. The number of benzene rings is 2. The number of nitrogen functional groups attached to an aromatic ring is 1. The van der Waals surface area contributed by atoms with Crippen molar-refractivity contribution in [2.45, 2.75) is 10.6 Å². The number of nitrogens with two attached hydrogens (primary N) is 1. The minimum atomic E-state index is 0.778. The average molecular weight is 334 g/mol. The standard InChI is InChI=1S/C14H12BrN3S/c15-9-5-6-13(10(16)7-9)19-8-14-17-11-3-1-2-4-12(11)18-14/h1-7H,8,16H2,(H,17,18). The maximum absolute atomic E-state index is 5.98. The van der Waals surface area contributed by atoms with Crippen LogP contribution in [0.3, 0.4) is 0 Å². The molecule has 0 spiro atoms. The van der Waals surface area contributed by atoms with E-state index in [1.165, 1.54) is 0 Å². The van der Waals surface area contributed by atoms with E-state index in [-0.39, 0.29) is 0 Å². The van der Waals surface area contributed by atoms with Crippen molar-refractivity contribution in [2.24, 2.45) is 0 Å². The molecule has 0 unspecified atom stereocenters. The molecule has 0 aliphatic rings. The topological polar surface area (TPSA) is 54.7 Å². The fraction of sp³-hybridized carbons (Fsp3) is 0.0714. The van der Waals surface area contributed by atoms with Crippen LogP contribution >= 0.6 is 27.7 Å². The predicted octanol–water partition coefficient (Wildman–Crippen LogP) is 4.20. The number of nitrogens with one attached hydrogen (secondary N) is 1. The lowest BCUT2D eigenvalue weighted by Gasteiger charge is -2.04. The van der Waals surface area contributed by atoms with Crippen LogP contribution in [0.1, 0.15) is 5.82 Å². The summed E-state index contributed by atoms with van der Waals surface area (Å²) < 4.78 is 0.998. The van der Waals surface area contributed by atoms with E-state index in [0.717, 1.165) is 37.7 Å². The monoisotopic (exact) mass is 333 g/mol. The van der Waals surface area contributed by atoms with Crippen molar-refractivity contribution in [3.05, 3.63) is 52.8 Å². The fourth-order valence-electron chi connectivity index (χ4n) is 1.87. The van der Waals surface area contributed by atoms with Crippen LogP contribution in [0.25, 0.3) is 11.0 Å². The van der Waals surface area contributed by atoms with E-state index in [4.69, 9.17) is 5.73 Å². The van der Waals surface area contributed by atoms with Crippen LogP contribution in [0.4, 0.5) is 5.69 Å². The summed E-state index contributed by atoms with van der Waals surface area (Å²) in [4.78, 5) is 8.94. The number of imidazole rings is 1. The van der Waals surface area contributed by atoms with Crippen molar-refractivity contribution in [2.75, 3.05) is 5.73 Å². The SMILES string of the molecule is Nc1cc(Br)ccc1SCc1nc2ccccc2[nH]1. The molecule has 2 aromatic carbocycles. The molecule has 5 heteroatoms. The molecule has 3 nitrogen and oxygen atoms in total. The second-order valence-corrected chi connectivity index (χ2v) is 6.10. The summed E-state index contributed by atoms with van der Waals surface area (Å²) in [5.41, 5.74) is 8.84. The van der Waals surface area contributed by atoms with Gasteiger partial charge in [0.2, 0.25) is 0 Å². The summed E-state index contributed by atoms with van der Waals surface area (Å²) >= 11 is 5.09. The summed E-state index contributed by atoms with van der Waals surface area (Å²) in [7, 11) is 0. The lowest BCUT2D eigenvalue weighted by Crippen LogP contribution is -1.90. The van der Waals surface area contributed by atoms with Crippen molar-refractivity contribution in [1.82, 2.24) is 9.97 Å². The number of aromatic nitrogens is 2. The first-order valence-electron chi connectivity index (χ1n) is 5.84. The Kier molecular flexibility index (Phi) is 3.48. The molecule has 0 saturated carbocycles. The minimum Gasteiger partial charge on any atom is -0.398 e. The van der Waals surface area contributed by atoms with Crippen LogP contribution in [0.15, 0.2) is 51.8 Å². The van der Waals surface area contributed by atoms with Crippen molar-refractivity contribution >= 4 is 44.4 Å². The number of halogens is 1. The van der Waals surface area contributed by atoms with Crippen LogP contribution in [-0.2, 0) is 5.75 Å². The van der Waals surface area contributed by atoms with E-state index in [9.17, 15) is 0 Å². The lowest BCUT2D eigenvalue weighted by atomic mass is 10.3. The Morgan fingerprint density at radius 1 is 1.21 bits per heavy atom. The maximum Gasteiger partial charge on any atom is 0.117 e. The van der Waals surface area contributed by atoms with Crippen LogP contribution in [0.2, 0.25) is 0 Å². The molecule has 3 aromatic rings. The number of nitrogens with zero attached hydrogens (tertiary/aromatic N) is 1. The van der Waals surface area contributed by atoms with Crippen molar-refractivity contribution in [1.29, 1.82) is 0 Å². The summed E-state index contributed by atoms with van der Waals surface area (Å²) in [6.45, 7) is 0. The van der Waals surface area contributed by atoms with Gasteiger partial charge in [0.25, 0.3) is 0 Å². The molecule has 0 amide bonds. The van der Waals surface area contributed by atoms with Gasteiger partial charge >= 0.3 is 0 Å². The number of hydrogen-bond acceptors (Lipinski definition) is 3. The van der Waals surface area contributed by atoms with E-state index in [1.54, 1.807) is 11.8 Å². The highest BCUT2D eigenvalue weighted by atomic mass is 79.9. The molecule has 1 heterocycles. The Hall–Kier alpha value is -1.46. The second kappa shape index (κ2) is 5.27. The van der Waals surface area contributed by atoms with Gasteiger partial charge in [0, 0.05) is 15.1 Å². The first kappa shape index (κ1) is 12.6. The highest BCUT2D eigenvalue weighted by Gasteiger charge is 2.05. The van der Waals surface area contributed by atoms with Gasteiger partial charge < -0.3 is 10.7 Å². The quantitative estimate of drug-likeness (QED) is 0.557. The molecule has 1 aromatic heterocycles. The third-order valence-electron chi connectivity index (χ3n) is 2.77. The van der Waals surface area contributed by atoms with Gasteiger partial charge in [0.1, 0.15) is 5.82 Å². The molecule has 0 fully saturated rings. The largest absolute Gasteiger partial charge is 0.398 e. The Morgan fingerprint density at radius 2 is 2.05 bits per heavy atom. The van der Waals surface area contributed by atoms with Gasteiger partial charge in [0.15, 0.2) is 0 Å². The van der Waals surface area contributed by atoms with Crippen LogP contribution < -0.4 is 5.73 Å². The van der Waals surface area contributed by atoms with E-state index in [2.05, 4.69) is 25.9 Å². The van der Waals surface area contributed by atoms with Crippen molar-refractivity contribution < 1.29 is 0 Å². The minimum absolute atomic E-state index is 0.778. The molecule has 0 atom stereocenters. The molecular formula is C14H12BrN3S. The van der Waals surface area contributed by atoms with Crippen molar-refractivity contribution in [3.63, 3.8) is 0 Å². The molecule has 0 bridgehead atoms. The first-order valence-corrected chi connectivity index (χ1v) is 7.62. The summed E-state index contributed by atoms with van der Waals surface area (Å²) in [6.07, 6.45) is 0. The Morgan fingerprint density at radius 3 is 2.84 bits per heavy atom. The van der Waals surface area contributed by atoms with E-state index in [1.807, 2.05) is 42.5 Å². The van der Waals surface area contributed by atoms with Gasteiger partial charge in [-0.15, -0.1) is 11.8 Å². The zero-order valence-corrected chi connectivity index (χ0v) is 12.5. The van der Waals surface area contributed by atoms with Crippen molar-refractivity contribution in [3.8, 4) is 0 Å². The number of aromatic amines is 1. The van der Waals surface area contributed by atoms with Gasteiger partial charge in [-0.3, -0.25) is 0 Å². The smallest absolute Gasteiger partial charge is 0.117 e. The molecule has 0 aliphatic carbocycles. The van der Waals surface area contributed by atoms with Crippen LogP contribution in [-0.4, -0.2) is 9.97 Å². The summed E-state index contributed by atoms with van der Waals surface area (Å²) in [5.74, 6) is 1.74. The number of fused-ring (bicyclic) bond motifs is 1. The maximum atomic E-state index is 5.98. The Balaban J connectivity index is 1.78. The number of hydrogen-bond donors (Lipinski definition) is 2. The number of thioether (sulfide) groups is 1. The Bertz CT molecular complexity index is 691. The van der Waals surface area contributed by atoms with E-state index in [0.29, 0.717) is 0 Å². The number of anilines is 1. The average Bonchev–Trinajstić information content (AvgIpc) is 2.80. The second-order valence-electron chi connectivity index (χ2n) is 4.17. The number of para-hydroxylation sites is 2. The van der Waals surface area contributed by atoms with E-state index < -0.39 is 0 Å². The third kappa shape index (κ3) is 2.77. The molecule has 0 saturated heterocycles. The zero-order chi connectivity index (χ0) is 13.2. The van der Waals surface area contributed by atoms with Gasteiger partial charge in [0.05, 0.1) is 16.8 Å². The van der Waals surface area contributed by atoms with E-state index >= 15 is 0 Å². The van der Waals surface area contributed by atoms with Gasteiger partial charge in [-0.2, -0.15) is 0 Å². The Labute approximate surface area is 123 Å². The normalized spacial score (nSPS) is 11.0. The molecular weight excluding hydrogens is 322 g/mol. The summed E-state index contributed by atoms with van der Waals surface area (Å²) in [6, 6.07) is 14.0. The van der Waals surface area contributed by atoms with Crippen LogP contribution in [0.5, 0.6) is 0 Å². The fourth-order valence-corrected chi connectivity index (χ4v) is 3.07.